The first-order valence-electron chi connectivity index (χ1n) is 8.63. The lowest BCUT2D eigenvalue weighted by Crippen LogP contribution is -2.28. The largest absolute Gasteiger partial charge is 0.497 e. The molecule has 0 aromatic heterocycles. The van der Waals surface area contributed by atoms with Crippen molar-refractivity contribution < 1.29 is 22.7 Å². The third kappa shape index (κ3) is 4.15. The minimum atomic E-state index is -3.61. The molecule has 1 heterocycles. The third-order valence-electron chi connectivity index (χ3n) is 4.54. The molecule has 2 aromatic carbocycles. The first-order chi connectivity index (χ1) is 13.3. The van der Waals surface area contributed by atoms with E-state index in [0.29, 0.717) is 17.1 Å². The first kappa shape index (κ1) is 19.8. The van der Waals surface area contributed by atoms with Crippen LogP contribution < -0.4 is 19.7 Å². The van der Waals surface area contributed by atoms with E-state index >= 15 is 0 Å². The summed E-state index contributed by atoms with van der Waals surface area (Å²) in [7, 11) is -0.749. The maximum atomic E-state index is 12.6. The number of carbonyl (C=O) groups is 2. The highest BCUT2D eigenvalue weighted by Crippen LogP contribution is 2.28. The van der Waals surface area contributed by atoms with Gasteiger partial charge in [-0.05, 0) is 37.4 Å². The van der Waals surface area contributed by atoms with Gasteiger partial charge in [0, 0.05) is 30.4 Å². The van der Waals surface area contributed by atoms with Gasteiger partial charge in [0.1, 0.15) is 5.75 Å². The van der Waals surface area contributed by atoms with Crippen molar-refractivity contribution in [2.75, 3.05) is 30.9 Å². The molecule has 0 aliphatic carbocycles. The summed E-state index contributed by atoms with van der Waals surface area (Å²) < 4.78 is 31.2. The standard InChI is InChI=1S/C19H21N3O5S/c1-20-28(25,26)17-8-3-5-14(10-17)21-19(24)13-9-18(23)22(12-13)15-6-4-7-16(11-15)27-2/h3-8,10-11,13,20H,9,12H2,1-2H3,(H,21,24). The molecule has 1 atom stereocenters. The number of carbonyl (C=O) groups excluding carboxylic acids is 2. The Morgan fingerprint density at radius 1 is 1.18 bits per heavy atom. The third-order valence-corrected chi connectivity index (χ3v) is 5.95. The molecular weight excluding hydrogens is 382 g/mol. The fraction of sp³-hybridized carbons (Fsp3) is 0.263. The number of ether oxygens (including phenoxy) is 1. The molecule has 0 bridgehead atoms. The monoisotopic (exact) mass is 403 g/mol. The van der Waals surface area contributed by atoms with E-state index in [9.17, 15) is 18.0 Å². The average molecular weight is 403 g/mol. The van der Waals surface area contributed by atoms with Crippen molar-refractivity contribution in [2.24, 2.45) is 5.92 Å². The van der Waals surface area contributed by atoms with Crippen LogP contribution >= 0.6 is 0 Å². The number of methoxy groups -OCH3 is 1. The van der Waals surface area contributed by atoms with Crippen LogP contribution in [0, 0.1) is 5.92 Å². The van der Waals surface area contributed by atoms with Crippen LogP contribution in [0.5, 0.6) is 5.75 Å². The Morgan fingerprint density at radius 3 is 2.64 bits per heavy atom. The summed E-state index contributed by atoms with van der Waals surface area (Å²) >= 11 is 0. The Labute approximate surface area is 163 Å². The molecule has 2 amide bonds. The summed E-state index contributed by atoms with van der Waals surface area (Å²) in [6.45, 7) is 0.242. The molecule has 0 spiro atoms. The van der Waals surface area contributed by atoms with Gasteiger partial charge in [-0.3, -0.25) is 9.59 Å². The van der Waals surface area contributed by atoms with E-state index in [1.165, 1.54) is 19.2 Å². The predicted octanol–water partition coefficient (Wildman–Crippen LogP) is 1.59. The maximum Gasteiger partial charge on any atom is 0.240 e. The molecular formula is C19H21N3O5S. The van der Waals surface area contributed by atoms with Crippen LogP contribution in [0.4, 0.5) is 11.4 Å². The summed E-state index contributed by atoms with van der Waals surface area (Å²) in [4.78, 5) is 26.6. The van der Waals surface area contributed by atoms with E-state index in [2.05, 4.69) is 10.0 Å². The minimum absolute atomic E-state index is 0.0494. The smallest absolute Gasteiger partial charge is 0.240 e. The van der Waals surface area contributed by atoms with Crippen LogP contribution in [0.15, 0.2) is 53.4 Å². The van der Waals surface area contributed by atoms with Crippen molar-refractivity contribution in [2.45, 2.75) is 11.3 Å². The van der Waals surface area contributed by atoms with Gasteiger partial charge in [-0.2, -0.15) is 0 Å². The lowest BCUT2D eigenvalue weighted by molar-refractivity contribution is -0.122. The Morgan fingerprint density at radius 2 is 1.93 bits per heavy atom. The van der Waals surface area contributed by atoms with Gasteiger partial charge in [0.2, 0.25) is 21.8 Å². The number of anilines is 2. The summed E-state index contributed by atoms with van der Waals surface area (Å²) in [5.41, 5.74) is 1.02. The van der Waals surface area contributed by atoms with E-state index in [-0.39, 0.29) is 29.7 Å². The highest BCUT2D eigenvalue weighted by atomic mass is 32.2. The van der Waals surface area contributed by atoms with Crippen molar-refractivity contribution in [1.82, 2.24) is 4.72 Å². The molecule has 9 heteroatoms. The number of hydrogen-bond acceptors (Lipinski definition) is 5. The van der Waals surface area contributed by atoms with Crippen molar-refractivity contribution in [3.8, 4) is 5.75 Å². The Balaban J connectivity index is 1.72. The van der Waals surface area contributed by atoms with Gasteiger partial charge < -0.3 is 15.0 Å². The van der Waals surface area contributed by atoms with Gasteiger partial charge in [0.25, 0.3) is 0 Å². The zero-order valence-electron chi connectivity index (χ0n) is 15.5. The predicted molar refractivity (Wildman–Crippen MR) is 105 cm³/mol. The van der Waals surface area contributed by atoms with Crippen LogP contribution in [0.25, 0.3) is 0 Å². The molecule has 1 saturated heterocycles. The molecule has 2 N–H and O–H groups in total. The molecule has 1 unspecified atom stereocenters. The van der Waals surface area contributed by atoms with Crippen LogP contribution in [-0.2, 0) is 19.6 Å². The lowest BCUT2D eigenvalue weighted by atomic mass is 10.1. The second kappa shape index (κ2) is 7.99. The quantitative estimate of drug-likeness (QED) is 0.762. The molecule has 0 radical (unpaired) electrons. The highest BCUT2D eigenvalue weighted by molar-refractivity contribution is 7.89. The topological polar surface area (TPSA) is 105 Å². The van der Waals surface area contributed by atoms with Crippen molar-refractivity contribution in [3.05, 3.63) is 48.5 Å². The fourth-order valence-electron chi connectivity index (χ4n) is 3.01. The zero-order chi connectivity index (χ0) is 20.3. The van der Waals surface area contributed by atoms with E-state index in [1.54, 1.807) is 48.4 Å². The minimum Gasteiger partial charge on any atom is -0.497 e. The molecule has 1 fully saturated rings. The molecule has 0 saturated carbocycles. The number of sulfonamides is 1. The second-order valence-electron chi connectivity index (χ2n) is 6.33. The van der Waals surface area contributed by atoms with Crippen molar-refractivity contribution in [1.29, 1.82) is 0 Å². The summed E-state index contributed by atoms with van der Waals surface area (Å²) in [6, 6.07) is 13.0. The Bertz CT molecular complexity index is 1010. The van der Waals surface area contributed by atoms with Gasteiger partial charge >= 0.3 is 0 Å². The highest BCUT2D eigenvalue weighted by Gasteiger charge is 2.35. The number of benzene rings is 2. The van der Waals surface area contributed by atoms with Crippen LogP contribution in [-0.4, -0.2) is 40.9 Å². The van der Waals surface area contributed by atoms with E-state index in [4.69, 9.17) is 4.74 Å². The van der Waals surface area contributed by atoms with Gasteiger partial charge in [0.05, 0.1) is 17.9 Å². The molecule has 8 nitrogen and oxygen atoms in total. The molecule has 2 aromatic rings. The Hall–Kier alpha value is -2.91. The summed E-state index contributed by atoms with van der Waals surface area (Å²) in [6.07, 6.45) is 0.0809. The first-order valence-corrected chi connectivity index (χ1v) is 10.1. The maximum absolute atomic E-state index is 12.6. The van der Waals surface area contributed by atoms with E-state index in [0.717, 1.165) is 0 Å². The number of hydrogen-bond donors (Lipinski definition) is 2. The van der Waals surface area contributed by atoms with Gasteiger partial charge in [-0.25, -0.2) is 13.1 Å². The zero-order valence-corrected chi connectivity index (χ0v) is 16.3. The average Bonchev–Trinajstić information content (AvgIpc) is 3.10. The van der Waals surface area contributed by atoms with Gasteiger partial charge in [-0.15, -0.1) is 0 Å². The molecule has 28 heavy (non-hydrogen) atoms. The van der Waals surface area contributed by atoms with Crippen LogP contribution in [0.1, 0.15) is 6.42 Å². The normalized spacial score (nSPS) is 16.9. The van der Waals surface area contributed by atoms with Crippen molar-refractivity contribution >= 4 is 33.2 Å². The van der Waals surface area contributed by atoms with Crippen LogP contribution in [0.3, 0.4) is 0 Å². The number of nitrogens with one attached hydrogen (secondary N) is 2. The molecule has 3 rings (SSSR count). The van der Waals surface area contributed by atoms with E-state index < -0.39 is 15.9 Å². The molecule has 1 aliphatic heterocycles. The fourth-order valence-corrected chi connectivity index (χ4v) is 3.79. The van der Waals surface area contributed by atoms with Gasteiger partial charge in [-0.1, -0.05) is 12.1 Å². The lowest BCUT2D eigenvalue weighted by Gasteiger charge is -2.17. The van der Waals surface area contributed by atoms with E-state index in [1.807, 2.05) is 0 Å². The Kier molecular flexibility index (Phi) is 5.66. The number of rotatable bonds is 6. The summed E-state index contributed by atoms with van der Waals surface area (Å²) in [5, 5.41) is 2.70. The number of amides is 2. The van der Waals surface area contributed by atoms with Gasteiger partial charge in [0.15, 0.2) is 0 Å². The molecule has 148 valence electrons. The molecule has 1 aliphatic rings. The summed E-state index contributed by atoms with van der Waals surface area (Å²) in [5.74, 6) is -0.401. The SMILES string of the molecule is CNS(=O)(=O)c1cccc(NC(=O)C2CC(=O)N(c3cccc(OC)c3)C2)c1. The van der Waals surface area contributed by atoms with Crippen molar-refractivity contribution in [3.63, 3.8) is 0 Å². The van der Waals surface area contributed by atoms with Crippen LogP contribution in [0.2, 0.25) is 0 Å². The number of nitrogens with zero attached hydrogens (tertiary/aromatic N) is 1. The second-order valence-corrected chi connectivity index (χ2v) is 8.22.